The van der Waals surface area contributed by atoms with E-state index in [1.807, 2.05) is 6.07 Å². The summed E-state index contributed by atoms with van der Waals surface area (Å²) in [5.41, 5.74) is 0.354. The summed E-state index contributed by atoms with van der Waals surface area (Å²) in [4.78, 5) is 0. The molecule has 5 nitrogen and oxygen atoms in total. The van der Waals surface area contributed by atoms with Crippen molar-refractivity contribution in [1.82, 2.24) is 4.72 Å². The van der Waals surface area contributed by atoms with Crippen molar-refractivity contribution in [2.24, 2.45) is 0 Å². The first-order valence-electron chi connectivity index (χ1n) is 5.60. The third-order valence-corrected chi connectivity index (χ3v) is 4.40. The molecule has 0 heterocycles. The van der Waals surface area contributed by atoms with Gasteiger partial charge in [0.15, 0.2) is 0 Å². The van der Waals surface area contributed by atoms with Gasteiger partial charge in [-0.1, -0.05) is 12.1 Å². The minimum atomic E-state index is -3.49. The number of aliphatic hydroxyl groups is 1. The van der Waals surface area contributed by atoms with E-state index < -0.39 is 15.6 Å². The van der Waals surface area contributed by atoms with Crippen molar-refractivity contribution in [2.75, 3.05) is 6.61 Å². The van der Waals surface area contributed by atoms with Crippen LogP contribution in [-0.2, 0) is 15.8 Å². The van der Waals surface area contributed by atoms with Gasteiger partial charge < -0.3 is 5.11 Å². The largest absolute Gasteiger partial charge is 0.394 e. The van der Waals surface area contributed by atoms with Gasteiger partial charge in [-0.2, -0.15) is 5.26 Å². The fourth-order valence-electron chi connectivity index (χ4n) is 1.76. The van der Waals surface area contributed by atoms with Crippen molar-refractivity contribution in [3.8, 4) is 6.07 Å². The van der Waals surface area contributed by atoms with Gasteiger partial charge in [0.05, 0.1) is 29.5 Å². The Bertz CT molecular complexity index is 586. The highest BCUT2D eigenvalue weighted by atomic mass is 32.2. The summed E-state index contributed by atoms with van der Waals surface area (Å²) < 4.78 is 26.3. The van der Waals surface area contributed by atoms with Crippen LogP contribution < -0.4 is 4.72 Å². The molecule has 0 radical (unpaired) electrons. The molecule has 1 saturated carbocycles. The Morgan fingerprint density at radius 3 is 2.72 bits per heavy atom. The first kappa shape index (κ1) is 13.0. The summed E-state index contributed by atoms with van der Waals surface area (Å²) >= 11 is 0. The van der Waals surface area contributed by atoms with E-state index in [2.05, 4.69) is 4.72 Å². The molecule has 1 aromatic carbocycles. The molecule has 1 aromatic rings. The molecule has 0 unspecified atom stereocenters. The Kier molecular flexibility index (Phi) is 3.39. The molecule has 0 aromatic heterocycles. The second-order valence-corrected chi connectivity index (χ2v) is 6.33. The van der Waals surface area contributed by atoms with Gasteiger partial charge in [-0.25, -0.2) is 13.1 Å². The van der Waals surface area contributed by atoms with Crippen LogP contribution in [0.5, 0.6) is 0 Å². The van der Waals surface area contributed by atoms with Crippen molar-refractivity contribution < 1.29 is 13.5 Å². The second-order valence-electron chi connectivity index (χ2n) is 4.61. The molecular formula is C12H14N2O3S. The van der Waals surface area contributed by atoms with Gasteiger partial charge in [0, 0.05) is 0 Å². The topological polar surface area (TPSA) is 90.2 Å². The first-order valence-corrected chi connectivity index (χ1v) is 7.25. The molecule has 6 heteroatoms. The maximum Gasteiger partial charge on any atom is 0.216 e. The second kappa shape index (κ2) is 4.69. The van der Waals surface area contributed by atoms with Gasteiger partial charge in [0.2, 0.25) is 10.0 Å². The standard InChI is InChI=1S/C12H14N2O3S/c13-7-10-2-1-3-11(6-10)8-18(16,17)14-12(9-15)4-5-12/h1-3,6,14-15H,4-5,8-9H2. The van der Waals surface area contributed by atoms with Crippen LogP contribution in [0.1, 0.15) is 24.0 Å². The monoisotopic (exact) mass is 266 g/mol. The van der Waals surface area contributed by atoms with E-state index in [0.717, 1.165) is 0 Å². The number of sulfonamides is 1. The van der Waals surface area contributed by atoms with Gasteiger partial charge in [0.1, 0.15) is 0 Å². The summed E-state index contributed by atoms with van der Waals surface area (Å²) in [7, 11) is -3.49. The van der Waals surface area contributed by atoms with Crippen LogP contribution in [0.25, 0.3) is 0 Å². The molecule has 1 fully saturated rings. The molecule has 18 heavy (non-hydrogen) atoms. The molecule has 0 spiro atoms. The predicted octanol–water partition coefficient (Wildman–Crippen LogP) is 0.503. The number of nitrogens with one attached hydrogen (secondary N) is 1. The summed E-state index contributed by atoms with van der Waals surface area (Å²) in [5, 5.41) is 17.8. The molecule has 2 N–H and O–H groups in total. The lowest BCUT2D eigenvalue weighted by molar-refractivity contribution is 0.246. The number of rotatable bonds is 5. The molecule has 1 aliphatic rings. The molecule has 1 aliphatic carbocycles. The Morgan fingerprint density at radius 1 is 1.44 bits per heavy atom. The molecule has 2 rings (SSSR count). The Labute approximate surface area is 106 Å². The number of hydrogen-bond donors (Lipinski definition) is 2. The average Bonchev–Trinajstić information content (AvgIpc) is 3.08. The zero-order valence-electron chi connectivity index (χ0n) is 9.76. The van der Waals surface area contributed by atoms with Crippen LogP contribution >= 0.6 is 0 Å². The zero-order chi connectivity index (χ0) is 13.2. The summed E-state index contributed by atoms with van der Waals surface area (Å²) in [6, 6.07) is 8.47. The number of benzene rings is 1. The Hall–Kier alpha value is -1.42. The Balaban J connectivity index is 2.10. The molecule has 0 atom stereocenters. The van der Waals surface area contributed by atoms with Crippen molar-refractivity contribution in [3.05, 3.63) is 35.4 Å². The zero-order valence-corrected chi connectivity index (χ0v) is 10.6. The minimum absolute atomic E-state index is 0.176. The lowest BCUT2D eigenvalue weighted by atomic mass is 10.2. The van der Waals surface area contributed by atoms with Crippen LogP contribution in [0.4, 0.5) is 0 Å². The number of aliphatic hydroxyl groups excluding tert-OH is 1. The van der Waals surface area contributed by atoms with Gasteiger partial charge in [-0.15, -0.1) is 0 Å². The van der Waals surface area contributed by atoms with Crippen molar-refractivity contribution in [2.45, 2.75) is 24.1 Å². The fourth-order valence-corrected chi connectivity index (χ4v) is 3.38. The molecule has 0 aliphatic heterocycles. The van der Waals surface area contributed by atoms with Crippen LogP contribution in [0.2, 0.25) is 0 Å². The highest BCUT2D eigenvalue weighted by Crippen LogP contribution is 2.35. The highest BCUT2D eigenvalue weighted by molar-refractivity contribution is 7.88. The highest BCUT2D eigenvalue weighted by Gasteiger charge is 2.45. The van der Waals surface area contributed by atoms with E-state index in [0.29, 0.717) is 24.0 Å². The maximum absolute atomic E-state index is 11.9. The van der Waals surface area contributed by atoms with E-state index in [-0.39, 0.29) is 12.4 Å². The van der Waals surface area contributed by atoms with Gasteiger partial charge >= 0.3 is 0 Å². The van der Waals surface area contributed by atoms with E-state index in [1.165, 1.54) is 0 Å². The third-order valence-electron chi connectivity index (χ3n) is 2.94. The maximum atomic E-state index is 11.9. The van der Waals surface area contributed by atoms with Crippen molar-refractivity contribution >= 4 is 10.0 Å². The van der Waals surface area contributed by atoms with Gasteiger partial charge in [0.25, 0.3) is 0 Å². The smallest absolute Gasteiger partial charge is 0.216 e. The molecule has 96 valence electrons. The van der Waals surface area contributed by atoms with Gasteiger partial charge in [-0.3, -0.25) is 0 Å². The van der Waals surface area contributed by atoms with Crippen LogP contribution in [0, 0.1) is 11.3 Å². The fraction of sp³-hybridized carbons (Fsp3) is 0.417. The van der Waals surface area contributed by atoms with E-state index >= 15 is 0 Å². The lowest BCUT2D eigenvalue weighted by Gasteiger charge is -2.14. The molecule has 0 amide bonds. The lowest BCUT2D eigenvalue weighted by Crippen LogP contribution is -2.40. The average molecular weight is 266 g/mol. The van der Waals surface area contributed by atoms with Crippen molar-refractivity contribution in [1.29, 1.82) is 5.26 Å². The van der Waals surface area contributed by atoms with Crippen LogP contribution in [0.15, 0.2) is 24.3 Å². The first-order chi connectivity index (χ1) is 8.49. The molecular weight excluding hydrogens is 252 g/mol. The van der Waals surface area contributed by atoms with Crippen LogP contribution in [0.3, 0.4) is 0 Å². The van der Waals surface area contributed by atoms with E-state index in [4.69, 9.17) is 10.4 Å². The third kappa shape index (κ3) is 3.07. The Morgan fingerprint density at radius 2 is 2.17 bits per heavy atom. The minimum Gasteiger partial charge on any atom is -0.394 e. The molecule has 0 bridgehead atoms. The van der Waals surface area contributed by atoms with E-state index in [9.17, 15) is 8.42 Å². The van der Waals surface area contributed by atoms with Crippen LogP contribution in [-0.4, -0.2) is 25.7 Å². The van der Waals surface area contributed by atoms with Crippen molar-refractivity contribution in [3.63, 3.8) is 0 Å². The number of nitriles is 1. The van der Waals surface area contributed by atoms with Gasteiger partial charge in [-0.05, 0) is 30.5 Å². The number of hydrogen-bond acceptors (Lipinski definition) is 4. The summed E-state index contributed by atoms with van der Waals surface area (Å²) in [5.74, 6) is -0.176. The summed E-state index contributed by atoms with van der Waals surface area (Å²) in [6.45, 7) is -0.176. The summed E-state index contributed by atoms with van der Waals surface area (Å²) in [6.07, 6.45) is 1.34. The SMILES string of the molecule is N#Cc1cccc(CS(=O)(=O)NC2(CO)CC2)c1. The predicted molar refractivity (Wildman–Crippen MR) is 66.0 cm³/mol. The molecule has 0 saturated heterocycles. The van der Waals surface area contributed by atoms with E-state index in [1.54, 1.807) is 24.3 Å². The quantitative estimate of drug-likeness (QED) is 0.812. The normalized spacial score (nSPS) is 17.1. The number of nitrogens with zero attached hydrogens (tertiary/aromatic N) is 1.